The highest BCUT2D eigenvalue weighted by atomic mass is 19.1. The Hall–Kier alpha value is -1.75. The highest BCUT2D eigenvalue weighted by Gasteiger charge is 2.17. The van der Waals surface area contributed by atoms with Crippen molar-refractivity contribution in [1.29, 1.82) is 0 Å². The molecule has 3 rings (SSSR count). The zero-order valence-electron chi connectivity index (χ0n) is 12.3. The number of nitrogens with one attached hydrogen (secondary N) is 1. The lowest BCUT2D eigenvalue weighted by atomic mass is 10.1. The molecule has 2 aromatic rings. The van der Waals surface area contributed by atoms with Crippen LogP contribution in [0.25, 0.3) is 11.4 Å². The predicted octanol–water partition coefficient (Wildman–Crippen LogP) is 3.20. The van der Waals surface area contributed by atoms with Crippen molar-refractivity contribution in [3.63, 3.8) is 0 Å². The highest BCUT2D eigenvalue weighted by molar-refractivity contribution is 5.54. The smallest absolute Gasteiger partial charge is 0.181 e. The third-order valence-corrected chi connectivity index (χ3v) is 4.03. The zero-order chi connectivity index (χ0) is 14.7. The minimum Gasteiger partial charge on any atom is -0.303 e. The number of halogens is 1. The fourth-order valence-electron chi connectivity index (χ4n) is 2.87. The summed E-state index contributed by atoms with van der Waals surface area (Å²) in [5, 5.41) is 7.22. The molecule has 1 aliphatic heterocycles. The van der Waals surface area contributed by atoms with Crippen LogP contribution in [0.5, 0.6) is 0 Å². The van der Waals surface area contributed by atoms with Gasteiger partial charge in [-0.25, -0.2) is 9.37 Å². The second kappa shape index (κ2) is 6.35. The Labute approximate surface area is 124 Å². The van der Waals surface area contributed by atoms with Crippen molar-refractivity contribution >= 4 is 0 Å². The lowest BCUT2D eigenvalue weighted by molar-refractivity contribution is 0.217. The van der Waals surface area contributed by atoms with Crippen LogP contribution in [0.3, 0.4) is 0 Å². The summed E-state index contributed by atoms with van der Waals surface area (Å²) < 4.78 is 13.3. The lowest BCUT2D eigenvalue weighted by Crippen LogP contribution is -2.33. The standard InChI is InChI=1S/C16H21FN4/c1-12(11-21-8-3-2-4-9-21)15-18-16(20-19-15)13-6-5-7-14(17)10-13/h5-7,10,12H,2-4,8-9,11H2,1H3,(H,18,19,20). The molecule has 4 nitrogen and oxygen atoms in total. The number of aromatic amines is 1. The van der Waals surface area contributed by atoms with Crippen LogP contribution < -0.4 is 0 Å². The van der Waals surface area contributed by atoms with E-state index in [0.29, 0.717) is 17.3 Å². The first-order valence-corrected chi connectivity index (χ1v) is 7.63. The van der Waals surface area contributed by atoms with Gasteiger partial charge in [-0.15, -0.1) is 0 Å². The molecule has 2 heterocycles. The van der Waals surface area contributed by atoms with Gasteiger partial charge in [-0.3, -0.25) is 5.10 Å². The van der Waals surface area contributed by atoms with Crippen LogP contribution in [-0.2, 0) is 0 Å². The summed E-state index contributed by atoms with van der Waals surface area (Å²) in [6.07, 6.45) is 3.92. The predicted molar refractivity (Wildman–Crippen MR) is 80.5 cm³/mol. The molecule has 1 aromatic heterocycles. The number of hydrogen-bond acceptors (Lipinski definition) is 3. The molecule has 0 saturated carbocycles. The SMILES string of the molecule is CC(CN1CCCCC1)c1nc(-c2cccc(F)c2)n[nH]1. The van der Waals surface area contributed by atoms with E-state index in [-0.39, 0.29) is 5.82 Å². The Bertz CT molecular complexity index is 589. The van der Waals surface area contributed by atoms with E-state index in [1.165, 1.54) is 44.5 Å². The molecule has 0 bridgehead atoms. The van der Waals surface area contributed by atoms with Crippen LogP contribution in [0.4, 0.5) is 4.39 Å². The maximum Gasteiger partial charge on any atom is 0.181 e. The van der Waals surface area contributed by atoms with E-state index in [2.05, 4.69) is 27.0 Å². The van der Waals surface area contributed by atoms with Crippen LogP contribution in [0.2, 0.25) is 0 Å². The Morgan fingerprint density at radius 1 is 1.29 bits per heavy atom. The Morgan fingerprint density at radius 2 is 2.10 bits per heavy atom. The number of aromatic nitrogens is 3. The first-order chi connectivity index (χ1) is 10.2. The number of hydrogen-bond donors (Lipinski definition) is 1. The first kappa shape index (κ1) is 14.2. The van der Waals surface area contributed by atoms with E-state index < -0.39 is 0 Å². The molecular formula is C16H21FN4. The maximum absolute atomic E-state index is 13.3. The summed E-state index contributed by atoms with van der Waals surface area (Å²) in [4.78, 5) is 7.01. The van der Waals surface area contributed by atoms with Crippen molar-refractivity contribution in [3.8, 4) is 11.4 Å². The maximum atomic E-state index is 13.3. The van der Waals surface area contributed by atoms with Gasteiger partial charge in [-0.1, -0.05) is 25.5 Å². The molecule has 1 aliphatic rings. The normalized spacial score (nSPS) is 17.8. The Kier molecular flexibility index (Phi) is 4.29. The van der Waals surface area contributed by atoms with Crippen LogP contribution in [0.1, 0.15) is 37.9 Å². The topological polar surface area (TPSA) is 44.8 Å². The largest absolute Gasteiger partial charge is 0.303 e. The average Bonchev–Trinajstić information content (AvgIpc) is 2.98. The van der Waals surface area contributed by atoms with Gasteiger partial charge in [0.05, 0.1) is 0 Å². The number of nitrogens with zero attached hydrogens (tertiary/aromatic N) is 3. The van der Waals surface area contributed by atoms with Crippen LogP contribution in [-0.4, -0.2) is 39.7 Å². The zero-order valence-corrected chi connectivity index (χ0v) is 12.3. The molecule has 1 N–H and O–H groups in total. The lowest BCUT2D eigenvalue weighted by Gasteiger charge is -2.28. The second-order valence-electron chi connectivity index (χ2n) is 5.82. The van der Waals surface area contributed by atoms with E-state index in [1.807, 2.05) is 6.07 Å². The van der Waals surface area contributed by atoms with E-state index in [9.17, 15) is 4.39 Å². The van der Waals surface area contributed by atoms with Gasteiger partial charge in [-0.05, 0) is 38.1 Å². The van der Waals surface area contributed by atoms with Gasteiger partial charge in [0, 0.05) is 18.0 Å². The molecule has 1 aromatic carbocycles. The van der Waals surface area contributed by atoms with Gasteiger partial charge in [0.1, 0.15) is 11.6 Å². The van der Waals surface area contributed by atoms with Gasteiger partial charge < -0.3 is 4.90 Å². The van der Waals surface area contributed by atoms with E-state index in [1.54, 1.807) is 6.07 Å². The summed E-state index contributed by atoms with van der Waals surface area (Å²) in [6.45, 7) is 5.51. The third-order valence-electron chi connectivity index (χ3n) is 4.03. The van der Waals surface area contributed by atoms with E-state index in [0.717, 1.165) is 12.4 Å². The van der Waals surface area contributed by atoms with Crippen molar-refractivity contribution in [2.45, 2.75) is 32.1 Å². The third kappa shape index (κ3) is 3.47. The highest BCUT2D eigenvalue weighted by Crippen LogP contribution is 2.20. The average molecular weight is 288 g/mol. The molecule has 21 heavy (non-hydrogen) atoms. The molecule has 0 radical (unpaired) electrons. The molecule has 112 valence electrons. The Balaban J connectivity index is 1.69. The monoisotopic (exact) mass is 288 g/mol. The van der Waals surface area contributed by atoms with Crippen molar-refractivity contribution in [2.75, 3.05) is 19.6 Å². The van der Waals surface area contributed by atoms with Crippen LogP contribution >= 0.6 is 0 Å². The molecule has 1 saturated heterocycles. The summed E-state index contributed by atoms with van der Waals surface area (Å²) >= 11 is 0. The number of benzene rings is 1. The molecule has 0 aliphatic carbocycles. The second-order valence-corrected chi connectivity index (χ2v) is 5.82. The van der Waals surface area contributed by atoms with Crippen molar-refractivity contribution in [3.05, 3.63) is 35.9 Å². The van der Waals surface area contributed by atoms with Crippen molar-refractivity contribution < 1.29 is 4.39 Å². The quantitative estimate of drug-likeness (QED) is 0.939. The fourth-order valence-corrected chi connectivity index (χ4v) is 2.87. The molecule has 5 heteroatoms. The molecule has 0 spiro atoms. The van der Waals surface area contributed by atoms with Crippen LogP contribution in [0.15, 0.2) is 24.3 Å². The summed E-state index contributed by atoms with van der Waals surface area (Å²) in [5.41, 5.74) is 0.711. The molecular weight excluding hydrogens is 267 g/mol. The Morgan fingerprint density at radius 3 is 2.86 bits per heavy atom. The summed E-state index contributed by atoms with van der Waals surface area (Å²) in [6, 6.07) is 6.39. The van der Waals surface area contributed by atoms with Gasteiger partial charge in [-0.2, -0.15) is 5.10 Å². The minimum absolute atomic E-state index is 0.264. The van der Waals surface area contributed by atoms with Gasteiger partial charge >= 0.3 is 0 Å². The first-order valence-electron chi connectivity index (χ1n) is 7.63. The summed E-state index contributed by atoms with van der Waals surface area (Å²) in [7, 11) is 0. The molecule has 1 atom stereocenters. The van der Waals surface area contributed by atoms with Gasteiger partial charge in [0.15, 0.2) is 5.82 Å². The van der Waals surface area contributed by atoms with Crippen LogP contribution in [0, 0.1) is 5.82 Å². The fraction of sp³-hybridized carbons (Fsp3) is 0.500. The molecule has 1 fully saturated rings. The number of likely N-dealkylation sites (tertiary alicyclic amines) is 1. The van der Waals surface area contributed by atoms with E-state index >= 15 is 0 Å². The number of H-pyrrole nitrogens is 1. The van der Waals surface area contributed by atoms with Crippen molar-refractivity contribution in [2.24, 2.45) is 0 Å². The number of piperidine rings is 1. The molecule has 0 amide bonds. The summed E-state index contributed by atoms with van der Waals surface area (Å²) in [5.74, 6) is 1.48. The van der Waals surface area contributed by atoms with Gasteiger partial charge in [0.25, 0.3) is 0 Å². The molecule has 1 unspecified atom stereocenters. The van der Waals surface area contributed by atoms with E-state index in [4.69, 9.17) is 0 Å². The number of rotatable bonds is 4. The minimum atomic E-state index is -0.264. The van der Waals surface area contributed by atoms with Gasteiger partial charge in [0.2, 0.25) is 0 Å². The van der Waals surface area contributed by atoms with Crippen molar-refractivity contribution in [1.82, 2.24) is 20.1 Å².